The van der Waals surface area contributed by atoms with E-state index in [1.54, 1.807) is 24.3 Å². The van der Waals surface area contributed by atoms with Crippen LogP contribution >= 0.6 is 11.6 Å². The van der Waals surface area contributed by atoms with Gasteiger partial charge in [-0.25, -0.2) is 13.6 Å². The zero-order valence-corrected chi connectivity index (χ0v) is 19.3. The van der Waals surface area contributed by atoms with Crippen molar-refractivity contribution in [3.63, 3.8) is 0 Å². The van der Waals surface area contributed by atoms with E-state index in [2.05, 4.69) is 5.32 Å². The van der Waals surface area contributed by atoms with Crippen molar-refractivity contribution in [2.75, 3.05) is 13.2 Å². The number of fused-ring (bicyclic) bond motifs is 1. The molecule has 1 aliphatic heterocycles. The summed E-state index contributed by atoms with van der Waals surface area (Å²) in [6.45, 7) is -1.57. The van der Waals surface area contributed by atoms with E-state index in [1.165, 1.54) is 29.0 Å². The van der Waals surface area contributed by atoms with Crippen LogP contribution in [0.25, 0.3) is 10.9 Å². The fourth-order valence-electron chi connectivity index (χ4n) is 4.37. The number of halogens is 3. The van der Waals surface area contributed by atoms with Crippen LogP contribution in [0.5, 0.6) is 0 Å². The molecule has 2 aromatic carbocycles. The van der Waals surface area contributed by atoms with E-state index in [1.807, 2.05) is 0 Å². The normalized spacial score (nSPS) is 19.8. The fourth-order valence-corrected chi connectivity index (χ4v) is 4.56. The molecule has 0 radical (unpaired) electrons. The first-order valence-corrected chi connectivity index (χ1v) is 11.2. The molecule has 1 fully saturated rings. The number of carbonyl (C=O) groups excluding carboxylic acids is 3. The first-order valence-electron chi connectivity index (χ1n) is 10.8. The predicted molar refractivity (Wildman–Crippen MR) is 125 cm³/mol. The van der Waals surface area contributed by atoms with Crippen LogP contribution in [0.15, 0.2) is 48.7 Å². The van der Waals surface area contributed by atoms with Gasteiger partial charge in [-0.1, -0.05) is 41.9 Å². The van der Waals surface area contributed by atoms with Crippen LogP contribution in [-0.2, 0) is 22.6 Å². The van der Waals surface area contributed by atoms with Crippen molar-refractivity contribution in [3.8, 4) is 0 Å². The summed E-state index contributed by atoms with van der Waals surface area (Å²) >= 11 is 5.77. The van der Waals surface area contributed by atoms with Gasteiger partial charge in [-0.2, -0.15) is 0 Å². The van der Waals surface area contributed by atoms with Gasteiger partial charge < -0.3 is 21.1 Å². The number of para-hydroxylation sites is 1. The molecule has 0 bridgehead atoms. The van der Waals surface area contributed by atoms with Gasteiger partial charge in [-0.15, -0.1) is 0 Å². The van der Waals surface area contributed by atoms with E-state index < -0.39 is 54.9 Å². The molecule has 35 heavy (non-hydrogen) atoms. The first-order chi connectivity index (χ1) is 16.6. The average Bonchev–Trinajstić information content (AvgIpc) is 3.39. The summed E-state index contributed by atoms with van der Waals surface area (Å²) in [6, 6.07) is 9.25. The van der Waals surface area contributed by atoms with Crippen molar-refractivity contribution in [3.05, 3.63) is 70.6 Å². The third-order valence-electron chi connectivity index (χ3n) is 6.15. The van der Waals surface area contributed by atoms with E-state index in [0.717, 1.165) is 4.90 Å². The number of amides is 3. The molecule has 1 saturated heterocycles. The van der Waals surface area contributed by atoms with E-state index in [9.17, 15) is 23.9 Å². The van der Waals surface area contributed by atoms with Gasteiger partial charge in [0.25, 0.3) is 0 Å². The number of nitrogens with zero attached hydrogens (tertiary/aromatic N) is 2. The second-order valence-electron chi connectivity index (χ2n) is 8.54. The van der Waals surface area contributed by atoms with Crippen LogP contribution in [0.1, 0.15) is 17.5 Å². The van der Waals surface area contributed by atoms with E-state index in [0.29, 0.717) is 16.5 Å². The van der Waals surface area contributed by atoms with Crippen molar-refractivity contribution < 1.29 is 28.3 Å². The Kier molecular flexibility index (Phi) is 6.77. The predicted octanol–water partition coefficient (Wildman–Crippen LogP) is 2.52. The SMILES string of the molecule is NC(=O)n1cc(CC(=O)N2C[C@@](F)(CO)C[C@H]2C(=O)NCc2cccc(Cl)c2F)c2ccccc21. The number of aliphatic hydroxyl groups is 1. The minimum atomic E-state index is -2.17. The standard InChI is InChI=1S/C24H23ClF2N4O4/c25-17-6-3-4-14(21(17)26)10-29-22(34)19-9-24(27,13-32)12-31(19)20(33)8-15-11-30(23(28)35)18-7-2-1-5-16(15)18/h1-7,11,19,32H,8-10,12-13H2,(H2,28,35)(H,29,34)/t19-,24+/m0/s1. The molecule has 11 heteroatoms. The van der Waals surface area contributed by atoms with Gasteiger partial charge in [-0.3, -0.25) is 14.2 Å². The Morgan fingerprint density at radius 3 is 2.63 bits per heavy atom. The summed E-state index contributed by atoms with van der Waals surface area (Å²) in [6.07, 6.45) is 0.795. The number of hydrogen-bond acceptors (Lipinski definition) is 4. The monoisotopic (exact) mass is 504 g/mol. The third kappa shape index (κ3) is 4.85. The summed E-state index contributed by atoms with van der Waals surface area (Å²) < 4.78 is 30.4. The van der Waals surface area contributed by atoms with Crippen LogP contribution in [-0.4, -0.2) is 57.3 Å². The lowest BCUT2D eigenvalue weighted by Gasteiger charge is -2.24. The van der Waals surface area contributed by atoms with Gasteiger partial charge >= 0.3 is 6.03 Å². The van der Waals surface area contributed by atoms with Crippen LogP contribution in [0.3, 0.4) is 0 Å². The number of benzene rings is 2. The van der Waals surface area contributed by atoms with Crippen molar-refractivity contribution in [1.29, 1.82) is 0 Å². The Labute approximate surface area is 204 Å². The number of primary amides is 1. The zero-order valence-electron chi connectivity index (χ0n) is 18.5. The second-order valence-corrected chi connectivity index (χ2v) is 8.95. The number of nitrogens with one attached hydrogen (secondary N) is 1. The van der Waals surface area contributed by atoms with E-state index >= 15 is 4.39 Å². The minimum absolute atomic E-state index is 0.104. The Morgan fingerprint density at radius 1 is 1.17 bits per heavy atom. The number of hydrogen-bond donors (Lipinski definition) is 3. The van der Waals surface area contributed by atoms with Crippen LogP contribution in [0.2, 0.25) is 5.02 Å². The topological polar surface area (TPSA) is 118 Å². The molecule has 0 saturated carbocycles. The molecule has 1 aromatic heterocycles. The van der Waals surface area contributed by atoms with Gasteiger partial charge in [-0.05, 0) is 17.7 Å². The Bertz CT molecular complexity index is 1310. The molecular formula is C24H23ClF2N4O4. The molecule has 8 nitrogen and oxygen atoms in total. The summed E-state index contributed by atoms with van der Waals surface area (Å²) in [5, 5.41) is 12.6. The second kappa shape index (κ2) is 9.63. The van der Waals surface area contributed by atoms with Crippen LogP contribution in [0, 0.1) is 5.82 Å². The molecule has 4 rings (SSSR count). The molecular weight excluding hydrogens is 482 g/mol. The number of likely N-dealkylation sites (tertiary alicyclic amines) is 1. The molecule has 184 valence electrons. The molecule has 2 atom stereocenters. The smallest absolute Gasteiger partial charge is 0.323 e. The number of alkyl halides is 1. The van der Waals surface area contributed by atoms with Gasteiger partial charge in [0.1, 0.15) is 11.9 Å². The Morgan fingerprint density at radius 2 is 1.91 bits per heavy atom. The number of carbonyl (C=O) groups is 3. The summed E-state index contributed by atoms with van der Waals surface area (Å²) in [7, 11) is 0. The Hall–Kier alpha value is -3.50. The van der Waals surface area contributed by atoms with Crippen molar-refractivity contribution >= 4 is 40.3 Å². The third-order valence-corrected chi connectivity index (χ3v) is 6.45. The Balaban J connectivity index is 1.55. The van der Waals surface area contributed by atoms with Crippen molar-refractivity contribution in [2.24, 2.45) is 5.73 Å². The van der Waals surface area contributed by atoms with Gasteiger partial charge in [0.05, 0.1) is 30.1 Å². The molecule has 4 N–H and O–H groups in total. The number of nitrogens with two attached hydrogens (primary N) is 1. The average molecular weight is 505 g/mol. The molecule has 1 aliphatic rings. The van der Waals surface area contributed by atoms with Gasteiger partial charge in [0, 0.05) is 30.1 Å². The van der Waals surface area contributed by atoms with Gasteiger partial charge in [0.2, 0.25) is 11.8 Å². The molecule has 0 unspecified atom stereocenters. The lowest BCUT2D eigenvalue weighted by molar-refractivity contribution is -0.138. The minimum Gasteiger partial charge on any atom is -0.393 e. The lowest BCUT2D eigenvalue weighted by atomic mass is 10.0. The lowest BCUT2D eigenvalue weighted by Crippen LogP contribution is -2.46. The van der Waals surface area contributed by atoms with Crippen molar-refractivity contribution in [1.82, 2.24) is 14.8 Å². The van der Waals surface area contributed by atoms with Crippen molar-refractivity contribution in [2.45, 2.75) is 31.1 Å². The van der Waals surface area contributed by atoms with Crippen LogP contribution < -0.4 is 11.1 Å². The molecule has 2 heterocycles. The maximum atomic E-state index is 15.1. The molecule has 3 aromatic rings. The number of rotatable bonds is 6. The zero-order chi connectivity index (χ0) is 25.3. The highest BCUT2D eigenvalue weighted by Gasteiger charge is 2.49. The fraction of sp³-hybridized carbons (Fsp3) is 0.292. The summed E-state index contributed by atoms with van der Waals surface area (Å²) in [5.74, 6) is -1.94. The largest absolute Gasteiger partial charge is 0.393 e. The highest BCUT2D eigenvalue weighted by molar-refractivity contribution is 6.30. The molecule has 0 spiro atoms. The van der Waals surface area contributed by atoms with E-state index in [-0.39, 0.29) is 23.6 Å². The maximum absolute atomic E-state index is 15.1. The summed E-state index contributed by atoms with van der Waals surface area (Å²) in [5.41, 5.74) is 4.38. The van der Waals surface area contributed by atoms with E-state index in [4.69, 9.17) is 17.3 Å². The summed E-state index contributed by atoms with van der Waals surface area (Å²) in [4.78, 5) is 39.0. The number of aliphatic hydroxyl groups excluding tert-OH is 1. The highest BCUT2D eigenvalue weighted by atomic mass is 35.5. The molecule has 0 aliphatic carbocycles. The first kappa shape index (κ1) is 24.6. The quantitative estimate of drug-likeness (QED) is 0.478. The van der Waals surface area contributed by atoms with Gasteiger partial charge in [0.15, 0.2) is 5.67 Å². The highest BCUT2D eigenvalue weighted by Crippen LogP contribution is 2.32. The maximum Gasteiger partial charge on any atom is 0.323 e. The number of aromatic nitrogens is 1. The van der Waals surface area contributed by atoms with Crippen LogP contribution in [0.4, 0.5) is 13.6 Å². The molecule has 3 amide bonds.